The van der Waals surface area contributed by atoms with Gasteiger partial charge in [0.15, 0.2) is 5.11 Å². The van der Waals surface area contributed by atoms with Gasteiger partial charge in [-0.3, -0.25) is 19.7 Å². The number of imide groups is 1. The highest BCUT2D eigenvalue weighted by atomic mass is 32.1. The lowest BCUT2D eigenvalue weighted by Crippen LogP contribution is -2.34. The number of amides is 3. The number of thiocarbonyl (C=S) groups is 1. The Balaban J connectivity index is 1.39. The molecular formula is C26H23N3O3S. The van der Waals surface area contributed by atoms with Gasteiger partial charge in [-0.05, 0) is 71.7 Å². The van der Waals surface area contributed by atoms with Crippen LogP contribution in [0.2, 0.25) is 0 Å². The highest BCUT2D eigenvalue weighted by Crippen LogP contribution is 2.29. The molecule has 0 saturated heterocycles. The summed E-state index contributed by atoms with van der Waals surface area (Å²) in [6.45, 7) is 6.34. The number of nitrogens with zero attached hydrogens (tertiary/aromatic N) is 1. The lowest BCUT2D eigenvalue weighted by Gasteiger charge is -2.19. The average Bonchev–Trinajstić information content (AvgIpc) is 3.04. The quantitative estimate of drug-likeness (QED) is 0.432. The van der Waals surface area contributed by atoms with E-state index in [1.165, 1.54) is 0 Å². The van der Waals surface area contributed by atoms with Crippen molar-refractivity contribution in [2.75, 3.05) is 10.2 Å². The van der Waals surface area contributed by atoms with Gasteiger partial charge in [-0.15, -0.1) is 0 Å². The molecule has 3 amide bonds. The zero-order chi connectivity index (χ0) is 23.8. The van der Waals surface area contributed by atoms with Crippen molar-refractivity contribution < 1.29 is 14.4 Å². The maximum atomic E-state index is 12.6. The van der Waals surface area contributed by atoms with E-state index in [2.05, 4.69) is 31.4 Å². The number of hydrogen-bond acceptors (Lipinski definition) is 4. The number of nitrogens with one attached hydrogen (secondary N) is 2. The van der Waals surface area contributed by atoms with Crippen molar-refractivity contribution in [2.24, 2.45) is 0 Å². The third-order valence-corrected chi connectivity index (χ3v) is 5.62. The number of fused-ring (bicyclic) bond motifs is 1. The van der Waals surface area contributed by atoms with Crippen LogP contribution in [-0.4, -0.2) is 22.8 Å². The first-order valence-electron chi connectivity index (χ1n) is 10.5. The van der Waals surface area contributed by atoms with Gasteiger partial charge in [0, 0.05) is 11.3 Å². The maximum absolute atomic E-state index is 12.6. The van der Waals surface area contributed by atoms with Gasteiger partial charge in [-0.25, -0.2) is 4.90 Å². The third-order valence-electron chi connectivity index (χ3n) is 5.42. The standard InChI is InChI=1S/C26H23N3O3S/c1-26(2,3)17-10-8-16(9-11-17)22(30)28-25(33)27-18-12-14-19(15-13-18)29-23(31)20-6-4-5-7-21(20)24(29)32/h4-15H,1-3H3,(H2,27,28,30,33). The van der Waals surface area contributed by atoms with Gasteiger partial charge in [0.05, 0.1) is 16.8 Å². The van der Waals surface area contributed by atoms with Gasteiger partial charge in [-0.2, -0.15) is 0 Å². The molecular weight excluding hydrogens is 434 g/mol. The van der Waals surface area contributed by atoms with E-state index >= 15 is 0 Å². The summed E-state index contributed by atoms with van der Waals surface area (Å²) >= 11 is 5.26. The Labute approximate surface area is 197 Å². The van der Waals surface area contributed by atoms with Crippen LogP contribution < -0.4 is 15.5 Å². The summed E-state index contributed by atoms with van der Waals surface area (Å²) in [4.78, 5) is 38.9. The van der Waals surface area contributed by atoms with Crippen molar-refractivity contribution in [3.8, 4) is 0 Å². The Bertz CT molecular complexity index is 1220. The van der Waals surface area contributed by atoms with Gasteiger partial charge in [0.25, 0.3) is 17.7 Å². The second-order valence-electron chi connectivity index (χ2n) is 8.77. The molecule has 1 aliphatic heterocycles. The van der Waals surface area contributed by atoms with Crippen molar-refractivity contribution in [1.29, 1.82) is 0 Å². The molecule has 1 heterocycles. The first-order chi connectivity index (χ1) is 15.6. The number of carbonyl (C=O) groups is 3. The van der Waals surface area contributed by atoms with E-state index in [-0.39, 0.29) is 28.2 Å². The van der Waals surface area contributed by atoms with Gasteiger partial charge in [0.2, 0.25) is 0 Å². The lowest BCUT2D eigenvalue weighted by atomic mass is 9.87. The molecule has 0 aromatic heterocycles. The molecule has 6 nitrogen and oxygen atoms in total. The Morgan fingerprint density at radius 1 is 0.818 bits per heavy atom. The summed E-state index contributed by atoms with van der Waals surface area (Å²) in [6, 6.07) is 20.8. The molecule has 0 spiro atoms. The number of rotatable bonds is 3. The van der Waals surface area contributed by atoms with Crippen molar-refractivity contribution in [3.05, 3.63) is 95.1 Å². The summed E-state index contributed by atoms with van der Waals surface area (Å²) in [6.07, 6.45) is 0. The molecule has 0 unspecified atom stereocenters. The van der Waals surface area contributed by atoms with E-state index in [1.54, 1.807) is 60.7 Å². The summed E-state index contributed by atoms with van der Waals surface area (Å²) in [5, 5.41) is 5.75. The molecule has 3 aromatic rings. The summed E-state index contributed by atoms with van der Waals surface area (Å²) in [5.74, 6) is -1.01. The fourth-order valence-corrected chi connectivity index (χ4v) is 3.79. The summed E-state index contributed by atoms with van der Waals surface area (Å²) < 4.78 is 0. The van der Waals surface area contributed by atoms with Crippen LogP contribution in [0.25, 0.3) is 0 Å². The predicted molar refractivity (Wildman–Crippen MR) is 133 cm³/mol. The monoisotopic (exact) mass is 457 g/mol. The molecule has 166 valence electrons. The van der Waals surface area contributed by atoms with E-state index in [4.69, 9.17) is 12.2 Å². The van der Waals surface area contributed by atoms with E-state index < -0.39 is 0 Å². The molecule has 33 heavy (non-hydrogen) atoms. The van der Waals surface area contributed by atoms with Crippen LogP contribution in [0.1, 0.15) is 57.4 Å². The Morgan fingerprint density at radius 3 is 1.88 bits per heavy atom. The van der Waals surface area contributed by atoms with Crippen LogP contribution in [0.4, 0.5) is 11.4 Å². The lowest BCUT2D eigenvalue weighted by molar-refractivity contribution is 0.0923. The number of hydrogen-bond donors (Lipinski definition) is 2. The molecule has 2 N–H and O–H groups in total. The largest absolute Gasteiger partial charge is 0.332 e. The zero-order valence-corrected chi connectivity index (χ0v) is 19.3. The minimum absolute atomic E-state index is 0.00507. The molecule has 4 rings (SSSR count). The molecule has 1 aliphatic rings. The highest BCUT2D eigenvalue weighted by Gasteiger charge is 2.36. The number of benzene rings is 3. The van der Waals surface area contributed by atoms with Crippen molar-refractivity contribution in [1.82, 2.24) is 5.32 Å². The Hall–Kier alpha value is -3.84. The third kappa shape index (κ3) is 4.54. The first-order valence-corrected chi connectivity index (χ1v) is 10.9. The van der Waals surface area contributed by atoms with Crippen LogP contribution in [-0.2, 0) is 5.41 Å². The first kappa shape index (κ1) is 22.4. The maximum Gasteiger partial charge on any atom is 0.266 e. The van der Waals surface area contributed by atoms with Crippen molar-refractivity contribution in [3.63, 3.8) is 0 Å². The van der Waals surface area contributed by atoms with Crippen molar-refractivity contribution >= 4 is 46.4 Å². The minimum Gasteiger partial charge on any atom is -0.332 e. The SMILES string of the molecule is CC(C)(C)c1ccc(C(=O)NC(=S)Nc2ccc(N3C(=O)c4ccccc4C3=O)cc2)cc1. The molecule has 3 aromatic carbocycles. The Kier molecular flexibility index (Phi) is 5.82. The highest BCUT2D eigenvalue weighted by molar-refractivity contribution is 7.80. The molecule has 0 fully saturated rings. The van der Waals surface area contributed by atoms with Crippen LogP contribution in [0.5, 0.6) is 0 Å². The smallest absolute Gasteiger partial charge is 0.266 e. The van der Waals surface area contributed by atoms with E-state index in [0.29, 0.717) is 28.1 Å². The van der Waals surface area contributed by atoms with Gasteiger partial charge >= 0.3 is 0 Å². The van der Waals surface area contributed by atoms with E-state index in [1.807, 2.05) is 12.1 Å². The predicted octanol–water partition coefficient (Wildman–Crippen LogP) is 4.91. The number of carbonyl (C=O) groups excluding carboxylic acids is 3. The normalized spacial score (nSPS) is 13.0. The number of anilines is 2. The summed E-state index contributed by atoms with van der Waals surface area (Å²) in [7, 11) is 0. The van der Waals surface area contributed by atoms with Gasteiger partial charge in [0.1, 0.15) is 0 Å². The van der Waals surface area contributed by atoms with Crippen LogP contribution in [0.15, 0.2) is 72.8 Å². The zero-order valence-electron chi connectivity index (χ0n) is 18.5. The Morgan fingerprint density at radius 2 is 1.36 bits per heavy atom. The minimum atomic E-state index is -0.350. The van der Waals surface area contributed by atoms with Crippen LogP contribution in [0, 0.1) is 0 Å². The molecule has 0 saturated carbocycles. The second kappa shape index (κ2) is 8.60. The summed E-state index contributed by atoms with van der Waals surface area (Å²) in [5.41, 5.74) is 3.51. The molecule has 0 bridgehead atoms. The molecule has 0 aliphatic carbocycles. The molecule has 0 atom stereocenters. The second-order valence-corrected chi connectivity index (χ2v) is 9.18. The average molecular weight is 458 g/mol. The molecule has 0 radical (unpaired) electrons. The van der Waals surface area contributed by atoms with Crippen molar-refractivity contribution in [2.45, 2.75) is 26.2 Å². The van der Waals surface area contributed by atoms with Gasteiger partial charge < -0.3 is 5.32 Å². The topological polar surface area (TPSA) is 78.5 Å². The molecule has 7 heteroatoms. The van der Waals surface area contributed by atoms with E-state index in [0.717, 1.165) is 10.5 Å². The fourth-order valence-electron chi connectivity index (χ4n) is 3.58. The van der Waals surface area contributed by atoms with Gasteiger partial charge in [-0.1, -0.05) is 45.0 Å². The van der Waals surface area contributed by atoms with Crippen LogP contribution >= 0.6 is 12.2 Å². The van der Waals surface area contributed by atoms with Crippen LogP contribution in [0.3, 0.4) is 0 Å². The fraction of sp³-hybridized carbons (Fsp3) is 0.154. The van der Waals surface area contributed by atoms with E-state index in [9.17, 15) is 14.4 Å².